The van der Waals surface area contributed by atoms with Crippen molar-refractivity contribution >= 4 is 22.7 Å². The highest BCUT2D eigenvalue weighted by molar-refractivity contribution is 6.00. The van der Waals surface area contributed by atoms with Crippen molar-refractivity contribution in [2.45, 2.75) is 6.92 Å². The second-order valence-electron chi connectivity index (χ2n) is 6.21. The summed E-state index contributed by atoms with van der Waals surface area (Å²) in [6.07, 6.45) is 0. The lowest BCUT2D eigenvalue weighted by molar-refractivity contribution is 0.0841. The Morgan fingerprint density at radius 3 is 2.41 bits per heavy atom. The SMILES string of the molecule is Cc1ccc2cc(C(=O)NNC(=O)c3cc(-c4ccccc4)n[nH]3)[nH]c2c1. The maximum atomic E-state index is 12.3. The monoisotopic (exact) mass is 359 g/mol. The van der Waals surface area contributed by atoms with Crippen LogP contribution in [0.1, 0.15) is 26.5 Å². The van der Waals surface area contributed by atoms with Crippen LogP contribution < -0.4 is 10.9 Å². The van der Waals surface area contributed by atoms with Gasteiger partial charge in [0.2, 0.25) is 0 Å². The van der Waals surface area contributed by atoms with Crippen molar-refractivity contribution in [3.05, 3.63) is 77.6 Å². The lowest BCUT2D eigenvalue weighted by atomic mass is 10.1. The van der Waals surface area contributed by atoms with E-state index in [9.17, 15) is 9.59 Å². The van der Waals surface area contributed by atoms with E-state index in [0.29, 0.717) is 11.4 Å². The Bertz CT molecular complexity index is 1130. The minimum absolute atomic E-state index is 0.251. The second kappa shape index (κ2) is 6.80. The highest BCUT2D eigenvalue weighted by atomic mass is 16.2. The standard InChI is InChI=1S/C20H17N5O2/c1-12-7-8-14-10-17(21-15(14)9-12)19(26)24-25-20(27)18-11-16(22-23-18)13-5-3-2-4-6-13/h2-11,21H,1H3,(H,22,23)(H,24,26)(H,25,27). The van der Waals surface area contributed by atoms with E-state index in [1.165, 1.54) is 0 Å². The van der Waals surface area contributed by atoms with E-state index in [1.54, 1.807) is 12.1 Å². The number of aromatic nitrogens is 3. The van der Waals surface area contributed by atoms with Gasteiger partial charge < -0.3 is 4.98 Å². The van der Waals surface area contributed by atoms with Crippen LogP contribution in [0.15, 0.2) is 60.7 Å². The van der Waals surface area contributed by atoms with Crippen molar-refractivity contribution in [3.63, 3.8) is 0 Å². The number of rotatable bonds is 3. The molecule has 0 saturated heterocycles. The van der Waals surface area contributed by atoms with Gasteiger partial charge in [0.1, 0.15) is 11.4 Å². The van der Waals surface area contributed by atoms with E-state index in [1.807, 2.05) is 55.5 Å². The first-order valence-electron chi connectivity index (χ1n) is 8.41. The molecule has 0 unspecified atom stereocenters. The number of hydrogen-bond donors (Lipinski definition) is 4. The van der Waals surface area contributed by atoms with E-state index < -0.39 is 11.8 Å². The molecule has 0 bridgehead atoms. The molecule has 0 saturated carbocycles. The summed E-state index contributed by atoms with van der Waals surface area (Å²) in [5.41, 5.74) is 8.92. The topological polar surface area (TPSA) is 103 Å². The summed E-state index contributed by atoms with van der Waals surface area (Å²) >= 11 is 0. The van der Waals surface area contributed by atoms with Crippen molar-refractivity contribution in [3.8, 4) is 11.3 Å². The Kier molecular flexibility index (Phi) is 4.18. The molecule has 0 radical (unpaired) electrons. The number of carbonyl (C=O) groups excluding carboxylic acids is 2. The molecule has 0 aliphatic rings. The lowest BCUT2D eigenvalue weighted by Crippen LogP contribution is -2.41. The van der Waals surface area contributed by atoms with Crippen molar-refractivity contribution in [2.75, 3.05) is 0 Å². The Labute approximate surface area is 154 Å². The first-order chi connectivity index (χ1) is 13.1. The van der Waals surface area contributed by atoms with Crippen molar-refractivity contribution in [1.29, 1.82) is 0 Å². The molecule has 4 rings (SSSR count). The Balaban J connectivity index is 1.42. The normalized spacial score (nSPS) is 10.7. The first kappa shape index (κ1) is 16.6. The number of nitrogens with zero attached hydrogens (tertiary/aromatic N) is 1. The van der Waals surface area contributed by atoms with Crippen LogP contribution in [0.25, 0.3) is 22.2 Å². The summed E-state index contributed by atoms with van der Waals surface area (Å²) in [6, 6.07) is 18.7. The molecule has 7 heteroatoms. The van der Waals surface area contributed by atoms with Gasteiger partial charge in [-0.1, -0.05) is 42.5 Å². The smallest absolute Gasteiger partial charge is 0.287 e. The molecule has 2 aromatic heterocycles. The second-order valence-corrected chi connectivity index (χ2v) is 6.21. The lowest BCUT2D eigenvalue weighted by Gasteiger charge is -2.04. The minimum atomic E-state index is -0.481. The molecule has 27 heavy (non-hydrogen) atoms. The third-order valence-electron chi connectivity index (χ3n) is 4.20. The number of hydrazine groups is 1. The summed E-state index contributed by atoms with van der Waals surface area (Å²) in [5.74, 6) is -0.912. The third kappa shape index (κ3) is 3.43. The van der Waals surface area contributed by atoms with Gasteiger partial charge in [0.15, 0.2) is 0 Å². The van der Waals surface area contributed by atoms with Crippen LogP contribution in [0.3, 0.4) is 0 Å². The molecule has 7 nitrogen and oxygen atoms in total. The fourth-order valence-electron chi connectivity index (χ4n) is 2.81. The average molecular weight is 359 g/mol. The molecular weight excluding hydrogens is 342 g/mol. The number of aromatic amines is 2. The number of benzene rings is 2. The number of aryl methyl sites for hydroxylation is 1. The molecule has 4 aromatic rings. The van der Waals surface area contributed by atoms with Gasteiger partial charge in [-0.2, -0.15) is 5.10 Å². The maximum Gasteiger partial charge on any atom is 0.287 e. The quantitative estimate of drug-likeness (QED) is 0.423. The van der Waals surface area contributed by atoms with Crippen LogP contribution >= 0.6 is 0 Å². The van der Waals surface area contributed by atoms with Crippen LogP contribution in [0, 0.1) is 6.92 Å². The van der Waals surface area contributed by atoms with Crippen molar-refractivity contribution in [2.24, 2.45) is 0 Å². The van der Waals surface area contributed by atoms with Crippen LogP contribution in [0.5, 0.6) is 0 Å². The van der Waals surface area contributed by atoms with Gasteiger partial charge in [-0.15, -0.1) is 0 Å². The molecule has 4 N–H and O–H groups in total. The zero-order valence-electron chi connectivity index (χ0n) is 14.5. The average Bonchev–Trinajstić information content (AvgIpc) is 3.33. The van der Waals surface area contributed by atoms with Crippen LogP contribution in [0.2, 0.25) is 0 Å². The van der Waals surface area contributed by atoms with Crippen molar-refractivity contribution < 1.29 is 9.59 Å². The molecule has 2 aromatic carbocycles. The maximum absolute atomic E-state index is 12.3. The van der Waals surface area contributed by atoms with E-state index in [2.05, 4.69) is 26.0 Å². The molecule has 134 valence electrons. The number of carbonyl (C=O) groups is 2. The van der Waals surface area contributed by atoms with Crippen LogP contribution in [0.4, 0.5) is 0 Å². The van der Waals surface area contributed by atoms with E-state index in [4.69, 9.17) is 0 Å². The Morgan fingerprint density at radius 1 is 0.889 bits per heavy atom. The van der Waals surface area contributed by atoms with E-state index in [0.717, 1.165) is 22.0 Å². The summed E-state index contributed by atoms with van der Waals surface area (Å²) in [5, 5.41) is 7.73. The highest BCUT2D eigenvalue weighted by Gasteiger charge is 2.14. The molecule has 0 spiro atoms. The van der Waals surface area contributed by atoms with Crippen LogP contribution in [-0.4, -0.2) is 27.0 Å². The molecule has 2 amide bonds. The summed E-state index contributed by atoms with van der Waals surface area (Å²) in [6.45, 7) is 1.98. The van der Waals surface area contributed by atoms with Gasteiger partial charge in [0.05, 0.1) is 5.69 Å². The van der Waals surface area contributed by atoms with Gasteiger partial charge >= 0.3 is 0 Å². The molecule has 0 aliphatic heterocycles. The van der Waals surface area contributed by atoms with Gasteiger partial charge in [-0.05, 0) is 30.7 Å². The fourth-order valence-corrected chi connectivity index (χ4v) is 2.81. The predicted molar refractivity (Wildman–Crippen MR) is 102 cm³/mol. The van der Waals surface area contributed by atoms with Gasteiger partial charge in [0, 0.05) is 16.5 Å². The molecule has 0 fully saturated rings. The Morgan fingerprint density at radius 2 is 1.63 bits per heavy atom. The van der Waals surface area contributed by atoms with Gasteiger partial charge in [0.25, 0.3) is 11.8 Å². The van der Waals surface area contributed by atoms with Crippen LogP contribution in [-0.2, 0) is 0 Å². The third-order valence-corrected chi connectivity index (χ3v) is 4.20. The zero-order chi connectivity index (χ0) is 18.8. The molecule has 0 aliphatic carbocycles. The predicted octanol–water partition coefficient (Wildman–Crippen LogP) is 2.94. The molecular formula is C20H17N5O2. The van der Waals surface area contributed by atoms with Gasteiger partial charge in [-0.25, -0.2) is 0 Å². The first-order valence-corrected chi connectivity index (χ1v) is 8.41. The minimum Gasteiger partial charge on any atom is -0.350 e. The van der Waals surface area contributed by atoms with Crippen molar-refractivity contribution in [1.82, 2.24) is 26.0 Å². The fraction of sp³-hybridized carbons (Fsp3) is 0.0500. The van der Waals surface area contributed by atoms with E-state index >= 15 is 0 Å². The largest absolute Gasteiger partial charge is 0.350 e. The summed E-state index contributed by atoms with van der Waals surface area (Å²) in [7, 11) is 0. The number of amides is 2. The molecule has 2 heterocycles. The number of H-pyrrole nitrogens is 2. The number of hydrogen-bond acceptors (Lipinski definition) is 3. The number of fused-ring (bicyclic) bond motifs is 1. The van der Waals surface area contributed by atoms with E-state index in [-0.39, 0.29) is 5.69 Å². The molecule has 0 atom stereocenters. The summed E-state index contributed by atoms with van der Waals surface area (Å²) < 4.78 is 0. The summed E-state index contributed by atoms with van der Waals surface area (Å²) in [4.78, 5) is 27.6. The number of nitrogens with one attached hydrogen (secondary N) is 4. The van der Waals surface area contributed by atoms with Gasteiger partial charge in [-0.3, -0.25) is 25.5 Å². The highest BCUT2D eigenvalue weighted by Crippen LogP contribution is 2.17. The Hall–Kier alpha value is -3.87. The zero-order valence-corrected chi connectivity index (χ0v) is 14.5.